The molecule has 0 radical (unpaired) electrons. The van der Waals surface area contributed by atoms with Gasteiger partial charge in [0.2, 0.25) is 23.6 Å². The van der Waals surface area contributed by atoms with Gasteiger partial charge in [-0.25, -0.2) is 24.1 Å². The second-order valence-electron chi connectivity index (χ2n) is 23.6. The van der Waals surface area contributed by atoms with E-state index in [0.717, 1.165) is 31.1 Å². The van der Waals surface area contributed by atoms with Gasteiger partial charge in [-0.05, 0) is 63.3 Å². The third kappa shape index (κ3) is 17.0. The number of carboxylic acids is 1. The number of carbonyl (C=O) groups excluding carboxylic acids is 4. The lowest BCUT2D eigenvalue weighted by Crippen LogP contribution is -2.67. The summed E-state index contributed by atoms with van der Waals surface area (Å²) in [4.78, 5) is 66.7. The summed E-state index contributed by atoms with van der Waals surface area (Å²) in [5.41, 5.74) is 6.87. The summed E-state index contributed by atoms with van der Waals surface area (Å²) in [5, 5.41) is 130. The number of aliphatic hydroxyl groups is 9. The molecule has 1 aromatic heterocycles. The monoisotopic (exact) mass is 1310 g/mol. The van der Waals surface area contributed by atoms with Crippen molar-refractivity contribution in [2.75, 3.05) is 19.7 Å². The minimum absolute atomic E-state index is 0.0591. The van der Waals surface area contributed by atoms with Crippen LogP contribution >= 0.6 is 0 Å². The topological polar surface area (TPSA) is 486 Å². The molecule has 2 aromatic carbocycles. The van der Waals surface area contributed by atoms with Crippen molar-refractivity contribution in [1.29, 1.82) is 0 Å². The van der Waals surface area contributed by atoms with Crippen LogP contribution in [-0.2, 0) is 57.1 Å². The Kier molecular flexibility index (Phi) is 24.5. The highest BCUT2D eigenvalue weighted by Gasteiger charge is 2.54. The summed E-state index contributed by atoms with van der Waals surface area (Å²) in [7, 11) is 0. The maximum atomic E-state index is 14.4. The first-order valence-electron chi connectivity index (χ1n) is 30.1. The third-order valence-electron chi connectivity index (χ3n) is 16.9. The Labute approximate surface area is 525 Å². The number of aliphatic hydroxyl groups excluding tert-OH is 9. The van der Waals surface area contributed by atoms with Gasteiger partial charge in [-0.3, -0.25) is 19.2 Å². The Balaban J connectivity index is 1.01. The number of carboxylic acid groups (broad SMARTS) is 1. The highest BCUT2D eigenvalue weighted by atomic mass is 19.1. The first-order chi connectivity index (χ1) is 43.7. The molecule has 3 saturated heterocycles. The number of nitrogens with two attached hydrogens (primary N) is 2. The van der Waals surface area contributed by atoms with E-state index in [-0.39, 0.29) is 62.1 Å². The number of benzene rings is 2. The van der Waals surface area contributed by atoms with Crippen molar-refractivity contribution in [2.45, 2.75) is 201 Å². The molecule has 8 rings (SSSR count). The molecule has 0 bridgehead atoms. The zero-order valence-electron chi connectivity index (χ0n) is 50.6. The molecule has 4 amide bonds. The van der Waals surface area contributed by atoms with Gasteiger partial charge in [0, 0.05) is 56.1 Å². The molecule has 92 heavy (non-hydrogen) atoms. The molecule has 4 heterocycles. The van der Waals surface area contributed by atoms with Gasteiger partial charge in [0.15, 0.2) is 31.3 Å². The molecular weight excluding hydrogens is 1230 g/mol. The van der Waals surface area contributed by atoms with Crippen molar-refractivity contribution in [3.63, 3.8) is 0 Å². The van der Waals surface area contributed by atoms with Gasteiger partial charge >= 0.3 is 5.97 Å². The van der Waals surface area contributed by atoms with Crippen LogP contribution in [0.4, 0.5) is 8.78 Å². The fraction of sp³-hybridized carbons (Fsp3) is 0.638. The molecule has 2 aliphatic carbocycles. The number of halogens is 2. The van der Waals surface area contributed by atoms with Crippen LogP contribution in [0.5, 0.6) is 0 Å². The van der Waals surface area contributed by atoms with Gasteiger partial charge in [-0.1, -0.05) is 42.8 Å². The summed E-state index contributed by atoms with van der Waals surface area (Å²) in [6, 6.07) is 5.24. The van der Waals surface area contributed by atoms with Gasteiger partial charge in [-0.15, -0.1) is 5.10 Å². The maximum absolute atomic E-state index is 14.4. The number of carbonyl (C=O) groups is 5. The summed E-state index contributed by atoms with van der Waals surface area (Å²) in [6.07, 6.45) is -28.1. The smallest absolute Gasteiger partial charge is 0.332 e. The van der Waals surface area contributed by atoms with Gasteiger partial charge < -0.3 is 116 Å². The van der Waals surface area contributed by atoms with E-state index in [4.69, 9.17) is 44.7 Å². The van der Waals surface area contributed by atoms with E-state index in [9.17, 15) is 83.8 Å². The van der Waals surface area contributed by atoms with Crippen molar-refractivity contribution < 1.29 is 117 Å². The second-order valence-corrected chi connectivity index (χ2v) is 23.6. The summed E-state index contributed by atoms with van der Waals surface area (Å²) in [5.74, 6) is -1.14. The van der Waals surface area contributed by atoms with Crippen LogP contribution in [0, 0.1) is 23.5 Å². The average molecular weight is 1310 g/mol. The highest BCUT2D eigenvalue weighted by Crippen LogP contribution is 2.39. The number of rotatable bonds is 24. The molecule has 3 aliphatic heterocycles. The van der Waals surface area contributed by atoms with Crippen LogP contribution in [0.3, 0.4) is 0 Å². The quantitative estimate of drug-likeness (QED) is 0.0230. The number of hydrazine groups is 1. The van der Waals surface area contributed by atoms with E-state index in [1.807, 2.05) is 0 Å². The minimum atomic E-state index is -2.13. The number of aromatic nitrogens is 3. The molecule has 5 aliphatic rings. The highest BCUT2D eigenvalue weighted by molar-refractivity contribution is 5.80. The predicted octanol–water partition coefficient (Wildman–Crippen LogP) is -4.22. The molecule has 32 nitrogen and oxygen atoms in total. The fourth-order valence-corrected chi connectivity index (χ4v) is 12.2. The molecule has 15 unspecified atom stereocenters. The van der Waals surface area contributed by atoms with E-state index in [1.165, 1.54) is 54.2 Å². The van der Waals surface area contributed by atoms with Gasteiger partial charge in [-0.2, -0.15) is 0 Å². The van der Waals surface area contributed by atoms with E-state index in [1.54, 1.807) is 13.0 Å². The number of hydrogen-bond donors (Lipinski definition) is 16. The van der Waals surface area contributed by atoms with Crippen LogP contribution in [0.1, 0.15) is 77.8 Å². The largest absolute Gasteiger partial charge is 0.479 e. The number of nitrogens with zero attached hydrogens (tertiary/aromatic N) is 4. The minimum Gasteiger partial charge on any atom is -0.479 e. The molecule has 2 saturated carbocycles. The number of hydrogen-bond acceptors (Lipinski definition) is 26. The van der Waals surface area contributed by atoms with Crippen molar-refractivity contribution in [1.82, 2.24) is 41.3 Å². The molecule has 18 N–H and O–H groups in total. The fourth-order valence-electron chi connectivity index (χ4n) is 12.2. The Morgan fingerprint density at radius 2 is 1.38 bits per heavy atom. The molecule has 5 fully saturated rings. The van der Waals surface area contributed by atoms with Crippen LogP contribution in [-0.4, -0.2) is 249 Å². The van der Waals surface area contributed by atoms with Crippen LogP contribution < -0.4 is 32.8 Å². The van der Waals surface area contributed by atoms with Gasteiger partial charge in [0.25, 0.3) is 0 Å². The molecular formula is C58H82F2N10O22. The Morgan fingerprint density at radius 1 is 0.750 bits per heavy atom. The standard InChI is InChI=1S/C58H82F2N10O22/c1-5-8-37(54(83)84)87-51-41(66-26(4)73)56(92-55(85)49(51)80)89-39-20-29(17-34(65-25(3)72)50(39)91-58-48(79)47(78)43(74)24(2)86-58)52(81)63-13-14-64-53(82)30-18-36(70-22-35(67-68-70)28-10-7-12-32(60)16-28)44(75)38(19-30)88-57-46(77)42(45(76)40(23-71)90-57)69(62)21-33(61)27-9-6-11-31(59)15-27/h6-7,9-12,15-16,21-22,24,29-30,34,36-51,55-58,71,74-80,85H,5,8,13-14,17-20,23,61-62H2,1-4H3,(H,63,81)(H,64,82)(H,65,72)(H,66,73)(H,83,84)/b33-21-/t24?,29?,30?,34?,36?,37-,38+,39+,40?,41?,42?,43+,44?,45-,46?,47?,48?,49+,50?,51?,55?,56+,57+,58-/m0/s1. The van der Waals surface area contributed by atoms with E-state index >= 15 is 0 Å². The van der Waals surface area contributed by atoms with Crippen LogP contribution in [0.25, 0.3) is 17.0 Å². The number of amides is 4. The lowest BCUT2D eigenvalue weighted by molar-refractivity contribution is -0.352. The van der Waals surface area contributed by atoms with Gasteiger partial charge in [0.05, 0.1) is 48.9 Å². The zero-order valence-corrected chi connectivity index (χ0v) is 50.6. The average Bonchev–Trinajstić information content (AvgIpc) is 1.30. The molecule has 0 spiro atoms. The maximum Gasteiger partial charge on any atom is 0.332 e. The van der Waals surface area contributed by atoms with Crippen molar-refractivity contribution in [3.05, 3.63) is 78.1 Å². The number of ether oxygens (including phenoxy) is 7. The Morgan fingerprint density at radius 3 is 2.01 bits per heavy atom. The predicted molar refractivity (Wildman–Crippen MR) is 308 cm³/mol. The van der Waals surface area contributed by atoms with Crippen molar-refractivity contribution in [3.8, 4) is 11.3 Å². The first kappa shape index (κ1) is 71.3. The molecule has 34 heteroatoms. The Hall–Kier alpha value is -6.55. The normalized spacial score (nSPS) is 35.5. The van der Waals surface area contributed by atoms with E-state index in [0.29, 0.717) is 12.0 Å². The summed E-state index contributed by atoms with van der Waals surface area (Å²) >= 11 is 0. The first-order valence-corrected chi connectivity index (χ1v) is 30.1. The molecule has 3 aromatic rings. The van der Waals surface area contributed by atoms with Crippen LogP contribution in [0.15, 0.2) is 60.9 Å². The van der Waals surface area contributed by atoms with Crippen LogP contribution in [0.2, 0.25) is 0 Å². The number of aliphatic carboxylic acids is 1. The molecule has 24 atom stereocenters. The number of nitrogens with one attached hydrogen (secondary N) is 4. The zero-order chi connectivity index (χ0) is 67.0. The second kappa shape index (κ2) is 31.6. The SMILES string of the molecule is CCC[C@H](OC1C(NC(C)=O)[C@H](O[C@@H]2CC(C(=O)NCCNC(=O)C3CC(n4cc(-c5cccc(F)c5)nn4)C(O)[C@H](O[C@@H]4OC(CO)[C@H](O)C(N(N)/C=C(\N)c5cccc(F)c5)C4O)C3)CC(NC(C)=O)C2O[C@@H]2OC(C)[C@@H](O)C(O)C2O)OC(O)[C@@H]1O)C(=O)O. The lowest BCUT2D eigenvalue weighted by atomic mass is 9.80. The van der Waals surface area contributed by atoms with Gasteiger partial charge in [0.1, 0.15) is 90.5 Å². The summed E-state index contributed by atoms with van der Waals surface area (Å²) < 4.78 is 71.8. The summed E-state index contributed by atoms with van der Waals surface area (Å²) in [6.45, 7) is 4.00. The Bertz CT molecular complexity index is 3030. The molecule has 510 valence electrons. The van der Waals surface area contributed by atoms with Crippen molar-refractivity contribution >= 4 is 35.3 Å². The van der Waals surface area contributed by atoms with E-state index in [2.05, 4.69) is 31.6 Å². The van der Waals surface area contributed by atoms with Crippen molar-refractivity contribution in [2.24, 2.45) is 23.4 Å². The lowest BCUT2D eigenvalue weighted by Gasteiger charge is -2.48. The third-order valence-corrected chi connectivity index (χ3v) is 16.9. The van der Waals surface area contributed by atoms with E-state index < -0.39 is 194 Å².